The van der Waals surface area contributed by atoms with Gasteiger partial charge in [-0.25, -0.2) is 0 Å². The molecule has 2 aliphatic rings. The summed E-state index contributed by atoms with van der Waals surface area (Å²) in [5.74, 6) is 0.0270. The molecule has 0 aliphatic heterocycles. The molecule has 6 heteroatoms. The monoisotopic (exact) mass is 510 g/mol. The van der Waals surface area contributed by atoms with Crippen LogP contribution >= 0.6 is 31.9 Å². The third-order valence-electron chi connectivity index (χ3n) is 6.47. The van der Waals surface area contributed by atoms with E-state index >= 15 is 0 Å². The molecule has 0 radical (unpaired) electrons. The van der Waals surface area contributed by atoms with Gasteiger partial charge in [-0.05, 0) is 30.7 Å². The minimum Gasteiger partial charge on any atom is -0.618 e. The lowest BCUT2D eigenvalue weighted by Crippen LogP contribution is -2.46. The minimum absolute atomic E-state index is 0.0135. The molecule has 6 rings (SSSR count). The SMILES string of the molecule is [O-][n+]1c2c(cc3ccccc31)[C@H](Br)[C@@H]1C[C@H]2[C@@H](Br)c2cc3ccccc3[n+]([O-])c21. The molecule has 2 heterocycles. The lowest BCUT2D eigenvalue weighted by Gasteiger charge is -2.40. The molecular formula is C23H16Br2N2O2. The van der Waals surface area contributed by atoms with Crippen LogP contribution < -0.4 is 9.46 Å². The van der Waals surface area contributed by atoms with Crippen LogP contribution in [0.15, 0.2) is 60.7 Å². The first-order valence-corrected chi connectivity index (χ1v) is 11.5. The molecule has 0 saturated carbocycles. The topological polar surface area (TPSA) is 53.9 Å². The Morgan fingerprint density at radius 3 is 1.55 bits per heavy atom. The molecule has 4 atom stereocenters. The molecule has 4 nitrogen and oxygen atoms in total. The number of fused-ring (bicyclic) bond motifs is 8. The van der Waals surface area contributed by atoms with Crippen LogP contribution in [0.4, 0.5) is 0 Å². The zero-order chi connectivity index (χ0) is 19.9. The van der Waals surface area contributed by atoms with Gasteiger partial charge in [0.1, 0.15) is 0 Å². The van der Waals surface area contributed by atoms with Crippen LogP contribution in [0.5, 0.6) is 0 Å². The van der Waals surface area contributed by atoms with Gasteiger partial charge in [0.05, 0.1) is 21.5 Å². The van der Waals surface area contributed by atoms with Crippen molar-refractivity contribution in [1.82, 2.24) is 0 Å². The summed E-state index contributed by atoms with van der Waals surface area (Å²) in [6, 6.07) is 19.6. The van der Waals surface area contributed by atoms with E-state index in [1.54, 1.807) is 0 Å². The second-order valence-electron chi connectivity index (χ2n) is 7.93. The highest BCUT2D eigenvalue weighted by Crippen LogP contribution is 2.59. The van der Waals surface area contributed by atoms with E-state index in [0.29, 0.717) is 11.0 Å². The molecule has 0 fully saturated rings. The Morgan fingerprint density at radius 1 is 0.690 bits per heavy atom. The molecule has 2 bridgehead atoms. The normalized spacial score (nSPS) is 25.0. The Labute approximate surface area is 184 Å². The minimum atomic E-state index is -0.0846. The highest BCUT2D eigenvalue weighted by Gasteiger charge is 2.51. The lowest BCUT2D eigenvalue weighted by molar-refractivity contribution is -0.594. The Bertz CT molecular complexity index is 1220. The highest BCUT2D eigenvalue weighted by molar-refractivity contribution is 9.09. The van der Waals surface area contributed by atoms with E-state index in [1.807, 2.05) is 48.5 Å². The number of benzene rings is 2. The Kier molecular flexibility index (Phi) is 3.75. The maximum Gasteiger partial charge on any atom is 0.223 e. The number of pyridine rings is 2. The van der Waals surface area contributed by atoms with Crippen LogP contribution in [-0.2, 0) is 0 Å². The Balaban J connectivity index is 1.66. The van der Waals surface area contributed by atoms with Gasteiger partial charge in [0.25, 0.3) is 0 Å². The first-order valence-electron chi connectivity index (χ1n) is 9.64. The fourth-order valence-corrected chi connectivity index (χ4v) is 6.85. The number of alkyl halides is 2. The number of halogens is 2. The van der Waals surface area contributed by atoms with Gasteiger partial charge >= 0.3 is 0 Å². The van der Waals surface area contributed by atoms with Crippen molar-refractivity contribution in [3.05, 3.63) is 93.6 Å². The number of nitrogens with zero attached hydrogens (tertiary/aromatic N) is 2. The summed E-state index contributed by atoms with van der Waals surface area (Å²) in [4.78, 5) is -0.169. The smallest absolute Gasteiger partial charge is 0.223 e. The van der Waals surface area contributed by atoms with Gasteiger partial charge in [-0.1, -0.05) is 56.1 Å². The maximum absolute atomic E-state index is 13.4. The van der Waals surface area contributed by atoms with Crippen molar-refractivity contribution in [3.8, 4) is 0 Å². The van der Waals surface area contributed by atoms with Gasteiger partial charge in [-0.15, -0.1) is 0 Å². The first kappa shape index (κ1) is 17.7. The summed E-state index contributed by atoms with van der Waals surface area (Å²) < 4.78 is 2.21. The zero-order valence-corrected chi connectivity index (χ0v) is 18.4. The van der Waals surface area contributed by atoms with Crippen molar-refractivity contribution < 1.29 is 9.46 Å². The summed E-state index contributed by atoms with van der Waals surface area (Å²) >= 11 is 7.73. The molecule has 0 spiro atoms. The predicted octanol–water partition coefficient (Wildman–Crippen LogP) is 5.42. The predicted molar refractivity (Wildman–Crippen MR) is 119 cm³/mol. The molecule has 0 unspecified atom stereocenters. The summed E-state index contributed by atoms with van der Waals surface area (Å²) in [6.45, 7) is 0. The maximum atomic E-state index is 13.4. The van der Waals surface area contributed by atoms with Crippen molar-refractivity contribution in [2.45, 2.75) is 27.9 Å². The van der Waals surface area contributed by atoms with Gasteiger partial charge in [0.15, 0.2) is 0 Å². The van der Waals surface area contributed by atoms with E-state index in [-0.39, 0.29) is 21.5 Å². The van der Waals surface area contributed by atoms with Crippen molar-refractivity contribution in [3.63, 3.8) is 0 Å². The van der Waals surface area contributed by atoms with E-state index in [9.17, 15) is 10.4 Å². The molecule has 144 valence electrons. The number of hydrogen-bond donors (Lipinski definition) is 0. The standard InChI is InChI=1S/C23H16Br2N2O2/c24-20-14-9-12-5-1-3-7-18(12)26(28)22(14)17-11-16(20)23-15(21(17)25)10-13-6-2-4-8-19(13)27(23)29/h1-10,16-17,20-21H,11H2/t16-,17-,20-,21-/m0/s1. The Hall–Kier alpha value is -2.18. The van der Waals surface area contributed by atoms with Gasteiger partial charge in [-0.2, -0.15) is 9.46 Å². The van der Waals surface area contributed by atoms with E-state index in [1.165, 1.54) is 0 Å². The van der Waals surface area contributed by atoms with Crippen LogP contribution in [0.1, 0.15) is 50.4 Å². The molecule has 4 aromatic rings. The Morgan fingerprint density at radius 2 is 1.10 bits per heavy atom. The average molecular weight is 512 g/mol. The quantitative estimate of drug-likeness (QED) is 0.180. The first-order chi connectivity index (χ1) is 14.1. The summed E-state index contributed by atoms with van der Waals surface area (Å²) in [5.41, 5.74) is 4.96. The second-order valence-corrected chi connectivity index (χ2v) is 9.90. The zero-order valence-electron chi connectivity index (χ0n) is 15.3. The van der Waals surface area contributed by atoms with Crippen LogP contribution in [0.25, 0.3) is 21.8 Å². The number of hydrogen-bond acceptors (Lipinski definition) is 2. The molecule has 2 aliphatic carbocycles. The molecule has 0 saturated heterocycles. The molecule has 29 heavy (non-hydrogen) atoms. The van der Waals surface area contributed by atoms with Gasteiger partial charge < -0.3 is 10.4 Å². The number of para-hydroxylation sites is 2. The summed E-state index contributed by atoms with van der Waals surface area (Å²) in [5, 5.41) is 28.6. The average Bonchev–Trinajstić information content (AvgIpc) is 2.74. The lowest BCUT2D eigenvalue weighted by atomic mass is 9.69. The number of rotatable bonds is 0. The van der Waals surface area contributed by atoms with Gasteiger partial charge in [0.2, 0.25) is 22.4 Å². The fourth-order valence-electron chi connectivity index (χ4n) is 5.18. The molecule has 0 amide bonds. The van der Waals surface area contributed by atoms with Crippen molar-refractivity contribution in [2.24, 2.45) is 0 Å². The third kappa shape index (κ3) is 2.30. The summed E-state index contributed by atoms with van der Waals surface area (Å²) in [6.07, 6.45) is 0.757. The van der Waals surface area contributed by atoms with E-state index in [4.69, 9.17) is 0 Å². The van der Waals surface area contributed by atoms with Crippen molar-refractivity contribution in [1.29, 1.82) is 0 Å². The van der Waals surface area contributed by atoms with E-state index in [0.717, 1.165) is 49.2 Å². The number of aromatic nitrogens is 2. The van der Waals surface area contributed by atoms with Crippen LogP contribution in [0.3, 0.4) is 0 Å². The fraction of sp³-hybridized carbons (Fsp3) is 0.217. The molecular weight excluding hydrogens is 496 g/mol. The largest absolute Gasteiger partial charge is 0.618 e. The summed E-state index contributed by atoms with van der Waals surface area (Å²) in [7, 11) is 0. The van der Waals surface area contributed by atoms with Crippen LogP contribution in [0, 0.1) is 10.4 Å². The molecule has 2 aromatic heterocycles. The molecule has 2 aromatic carbocycles. The van der Waals surface area contributed by atoms with Crippen molar-refractivity contribution >= 4 is 53.7 Å². The molecule has 0 N–H and O–H groups in total. The van der Waals surface area contributed by atoms with Crippen LogP contribution in [0.2, 0.25) is 0 Å². The van der Waals surface area contributed by atoms with Crippen molar-refractivity contribution in [2.75, 3.05) is 0 Å². The van der Waals surface area contributed by atoms with Gasteiger partial charge in [-0.3, -0.25) is 0 Å². The third-order valence-corrected chi connectivity index (χ3v) is 8.74. The highest BCUT2D eigenvalue weighted by atomic mass is 79.9. The second kappa shape index (κ2) is 6.16. The van der Waals surface area contributed by atoms with Crippen LogP contribution in [-0.4, -0.2) is 0 Å². The van der Waals surface area contributed by atoms with E-state index < -0.39 is 0 Å². The van der Waals surface area contributed by atoms with Gasteiger partial charge in [0, 0.05) is 34.0 Å². The van der Waals surface area contributed by atoms with E-state index in [2.05, 4.69) is 44.0 Å².